The molecule has 180 valence electrons. The Hall–Kier alpha value is -1.66. The van der Waals surface area contributed by atoms with E-state index < -0.39 is 6.10 Å². The second-order valence-electron chi connectivity index (χ2n) is 8.19. The number of unbranched alkanes of at least 4 members (excludes halogenated alkanes) is 6. The summed E-state index contributed by atoms with van der Waals surface area (Å²) in [6.07, 6.45) is 17.5. The normalized spacial score (nSPS) is 12.7. The third-order valence-electron chi connectivity index (χ3n) is 5.04. The van der Waals surface area contributed by atoms with Gasteiger partial charge < -0.3 is 15.7 Å². The summed E-state index contributed by atoms with van der Waals surface area (Å²) in [4.78, 5) is 26.0. The standard InChI is InChI=1S/C25H47N3O3/c1-4-6-8-10-12-14-16-24(30)26-18-20-28(22-23(3)29)21-19-27-25(31)17-15-13-11-9-7-5-2/h4-7,23,29H,8-22H2,1-3H3,(H,26,30)(H,27,31)/b6-4+,7-5+. The van der Waals surface area contributed by atoms with E-state index in [9.17, 15) is 14.7 Å². The van der Waals surface area contributed by atoms with Crippen LogP contribution in [-0.4, -0.2) is 60.6 Å². The molecular formula is C25H47N3O3. The van der Waals surface area contributed by atoms with Crippen LogP contribution in [0.25, 0.3) is 0 Å². The molecule has 31 heavy (non-hydrogen) atoms. The number of aliphatic hydroxyl groups excluding tert-OH is 1. The van der Waals surface area contributed by atoms with Gasteiger partial charge in [0.2, 0.25) is 11.8 Å². The van der Waals surface area contributed by atoms with Crippen LogP contribution in [0.4, 0.5) is 0 Å². The number of nitrogens with one attached hydrogen (secondary N) is 2. The first-order valence-corrected chi connectivity index (χ1v) is 12.2. The Morgan fingerprint density at radius 2 is 1.26 bits per heavy atom. The minimum Gasteiger partial charge on any atom is -0.392 e. The summed E-state index contributed by atoms with van der Waals surface area (Å²) >= 11 is 0. The van der Waals surface area contributed by atoms with E-state index in [2.05, 4.69) is 39.8 Å². The Morgan fingerprint density at radius 1 is 0.806 bits per heavy atom. The maximum Gasteiger partial charge on any atom is 0.220 e. The molecule has 0 rings (SSSR count). The van der Waals surface area contributed by atoms with E-state index in [1.165, 1.54) is 0 Å². The van der Waals surface area contributed by atoms with Crippen LogP contribution in [0.3, 0.4) is 0 Å². The molecule has 0 radical (unpaired) electrons. The predicted octanol–water partition coefficient (Wildman–Crippen LogP) is 3.95. The topological polar surface area (TPSA) is 81.7 Å². The molecule has 0 saturated carbocycles. The van der Waals surface area contributed by atoms with Crippen molar-refractivity contribution in [3.8, 4) is 0 Å². The lowest BCUT2D eigenvalue weighted by atomic mass is 10.1. The maximum absolute atomic E-state index is 12.0. The van der Waals surface area contributed by atoms with E-state index in [0.29, 0.717) is 45.6 Å². The molecule has 0 aliphatic heterocycles. The summed E-state index contributed by atoms with van der Waals surface area (Å²) < 4.78 is 0. The lowest BCUT2D eigenvalue weighted by Gasteiger charge is -2.24. The van der Waals surface area contributed by atoms with Crippen molar-refractivity contribution in [3.63, 3.8) is 0 Å². The van der Waals surface area contributed by atoms with Crippen molar-refractivity contribution in [1.29, 1.82) is 0 Å². The Kier molecular flexibility index (Phi) is 20.4. The van der Waals surface area contributed by atoms with Gasteiger partial charge >= 0.3 is 0 Å². The zero-order valence-electron chi connectivity index (χ0n) is 20.2. The fourth-order valence-electron chi connectivity index (χ4n) is 3.33. The quantitative estimate of drug-likeness (QED) is 0.199. The summed E-state index contributed by atoms with van der Waals surface area (Å²) in [6.45, 7) is 8.78. The third kappa shape index (κ3) is 21.4. The van der Waals surface area contributed by atoms with Gasteiger partial charge in [0.05, 0.1) is 6.10 Å². The van der Waals surface area contributed by atoms with E-state index >= 15 is 0 Å². The number of aliphatic hydroxyl groups is 1. The highest BCUT2D eigenvalue weighted by Gasteiger charge is 2.10. The Morgan fingerprint density at radius 3 is 1.65 bits per heavy atom. The molecule has 0 spiro atoms. The second-order valence-corrected chi connectivity index (χ2v) is 8.19. The fraction of sp³-hybridized carbons (Fsp3) is 0.760. The van der Waals surface area contributed by atoms with E-state index in [1.807, 2.05) is 13.8 Å². The molecule has 3 N–H and O–H groups in total. The molecule has 0 aliphatic rings. The third-order valence-corrected chi connectivity index (χ3v) is 5.04. The molecule has 0 aromatic heterocycles. The van der Waals surface area contributed by atoms with Crippen LogP contribution in [-0.2, 0) is 9.59 Å². The van der Waals surface area contributed by atoms with Crippen LogP contribution in [0.2, 0.25) is 0 Å². The monoisotopic (exact) mass is 437 g/mol. The van der Waals surface area contributed by atoms with Crippen LogP contribution in [0.5, 0.6) is 0 Å². The highest BCUT2D eigenvalue weighted by molar-refractivity contribution is 5.76. The Labute approximate surface area is 190 Å². The van der Waals surface area contributed by atoms with Crippen molar-refractivity contribution in [3.05, 3.63) is 24.3 Å². The molecule has 0 aromatic rings. The minimum atomic E-state index is -0.444. The van der Waals surface area contributed by atoms with Gasteiger partial charge in [0.25, 0.3) is 0 Å². The Bertz CT molecular complexity index is 464. The molecule has 6 heteroatoms. The van der Waals surface area contributed by atoms with Crippen molar-refractivity contribution in [2.75, 3.05) is 32.7 Å². The first-order chi connectivity index (χ1) is 15.0. The van der Waals surface area contributed by atoms with E-state index in [4.69, 9.17) is 0 Å². The molecule has 1 unspecified atom stereocenters. The van der Waals surface area contributed by atoms with E-state index in [0.717, 1.165) is 51.4 Å². The zero-order chi connectivity index (χ0) is 23.2. The largest absolute Gasteiger partial charge is 0.392 e. The van der Waals surface area contributed by atoms with Gasteiger partial charge in [0, 0.05) is 45.6 Å². The van der Waals surface area contributed by atoms with Crippen molar-refractivity contribution < 1.29 is 14.7 Å². The number of amides is 2. The van der Waals surface area contributed by atoms with Crippen LogP contribution in [0.1, 0.15) is 85.0 Å². The van der Waals surface area contributed by atoms with Crippen LogP contribution in [0.15, 0.2) is 24.3 Å². The molecule has 0 aliphatic carbocycles. The van der Waals surface area contributed by atoms with Gasteiger partial charge in [-0.25, -0.2) is 0 Å². The average molecular weight is 438 g/mol. The first kappa shape index (κ1) is 29.3. The number of hydrogen-bond acceptors (Lipinski definition) is 4. The van der Waals surface area contributed by atoms with Gasteiger partial charge in [-0.05, 0) is 59.3 Å². The second kappa shape index (κ2) is 21.6. The average Bonchev–Trinajstić information content (AvgIpc) is 2.72. The number of nitrogens with zero attached hydrogens (tertiary/aromatic N) is 1. The van der Waals surface area contributed by atoms with Gasteiger partial charge in [0.15, 0.2) is 0 Å². The van der Waals surface area contributed by atoms with Gasteiger partial charge in [-0.15, -0.1) is 0 Å². The van der Waals surface area contributed by atoms with Gasteiger partial charge in [0.1, 0.15) is 0 Å². The van der Waals surface area contributed by atoms with Crippen molar-refractivity contribution in [1.82, 2.24) is 15.5 Å². The minimum absolute atomic E-state index is 0.0887. The molecule has 0 saturated heterocycles. The summed E-state index contributed by atoms with van der Waals surface area (Å²) in [5.74, 6) is 0.177. The zero-order valence-corrected chi connectivity index (χ0v) is 20.2. The van der Waals surface area contributed by atoms with Crippen molar-refractivity contribution in [2.24, 2.45) is 0 Å². The highest BCUT2D eigenvalue weighted by Crippen LogP contribution is 2.04. The highest BCUT2D eigenvalue weighted by atomic mass is 16.3. The first-order valence-electron chi connectivity index (χ1n) is 12.2. The SMILES string of the molecule is C/C=C/CCCCCC(=O)NCCN(CCNC(=O)CCCCC/C=C/C)CC(C)O. The summed E-state index contributed by atoms with van der Waals surface area (Å²) in [5.41, 5.74) is 0. The summed E-state index contributed by atoms with van der Waals surface area (Å²) in [5, 5.41) is 15.7. The van der Waals surface area contributed by atoms with Crippen molar-refractivity contribution >= 4 is 11.8 Å². The number of hydrogen-bond donors (Lipinski definition) is 3. The molecule has 0 fully saturated rings. The van der Waals surface area contributed by atoms with Gasteiger partial charge in [-0.2, -0.15) is 0 Å². The molecule has 0 bridgehead atoms. The van der Waals surface area contributed by atoms with Crippen molar-refractivity contribution in [2.45, 2.75) is 91.1 Å². The molecule has 0 aromatic carbocycles. The summed E-state index contributed by atoms with van der Waals surface area (Å²) in [6, 6.07) is 0. The number of allylic oxidation sites excluding steroid dienone is 4. The molecule has 1 atom stereocenters. The van der Waals surface area contributed by atoms with Gasteiger partial charge in [-0.3, -0.25) is 14.5 Å². The molecular weight excluding hydrogens is 390 g/mol. The summed E-state index contributed by atoms with van der Waals surface area (Å²) in [7, 11) is 0. The molecule has 6 nitrogen and oxygen atoms in total. The maximum atomic E-state index is 12.0. The molecule has 0 heterocycles. The van der Waals surface area contributed by atoms with Gasteiger partial charge in [-0.1, -0.05) is 37.1 Å². The number of carbonyl (C=O) groups excluding carboxylic acids is 2. The number of rotatable bonds is 20. The number of carbonyl (C=O) groups is 2. The van der Waals surface area contributed by atoms with E-state index in [1.54, 1.807) is 6.92 Å². The Balaban J connectivity index is 3.92. The van der Waals surface area contributed by atoms with Crippen LogP contribution in [0, 0.1) is 0 Å². The van der Waals surface area contributed by atoms with Crippen LogP contribution >= 0.6 is 0 Å². The predicted molar refractivity (Wildman–Crippen MR) is 130 cm³/mol. The smallest absolute Gasteiger partial charge is 0.220 e. The lowest BCUT2D eigenvalue weighted by Crippen LogP contribution is -2.42. The molecule has 2 amide bonds. The fourth-order valence-corrected chi connectivity index (χ4v) is 3.33. The lowest BCUT2D eigenvalue weighted by molar-refractivity contribution is -0.121. The van der Waals surface area contributed by atoms with Crippen LogP contribution < -0.4 is 10.6 Å². The van der Waals surface area contributed by atoms with E-state index in [-0.39, 0.29) is 11.8 Å².